The highest BCUT2D eigenvalue weighted by Gasteiger charge is 2.23. The molecule has 0 radical (unpaired) electrons. The summed E-state index contributed by atoms with van der Waals surface area (Å²) in [5, 5.41) is 0. The standard InChI is InChI=1S/C16H18N2O6S/c1-4-23-16(20)12-5-7-13(8-6-12)24-15(19)9-14-10(2)17-25(21,22)18-11(14)3/h5-8,17H,4,9H2,1-3H3. The van der Waals surface area contributed by atoms with E-state index in [1.807, 2.05) is 0 Å². The van der Waals surface area contributed by atoms with Crippen LogP contribution in [-0.4, -0.2) is 32.7 Å². The lowest BCUT2D eigenvalue weighted by Gasteiger charge is -2.17. The van der Waals surface area contributed by atoms with E-state index in [2.05, 4.69) is 9.12 Å². The van der Waals surface area contributed by atoms with E-state index < -0.39 is 22.1 Å². The summed E-state index contributed by atoms with van der Waals surface area (Å²) in [4.78, 5) is 23.6. The van der Waals surface area contributed by atoms with Gasteiger partial charge in [0.1, 0.15) is 5.75 Å². The van der Waals surface area contributed by atoms with Gasteiger partial charge in [-0.1, -0.05) is 0 Å². The zero-order chi connectivity index (χ0) is 18.6. The molecule has 1 aliphatic rings. The molecule has 1 heterocycles. The SMILES string of the molecule is CCOC(=O)c1ccc(OC(=O)CC2=C(C)NS(=O)(=O)N=C2C)cc1. The molecule has 0 spiro atoms. The first-order valence-electron chi connectivity index (χ1n) is 7.49. The zero-order valence-corrected chi connectivity index (χ0v) is 14.8. The number of esters is 2. The predicted molar refractivity (Wildman–Crippen MR) is 90.5 cm³/mol. The van der Waals surface area contributed by atoms with Gasteiger partial charge >= 0.3 is 22.1 Å². The van der Waals surface area contributed by atoms with Crippen molar-refractivity contribution >= 4 is 27.9 Å². The van der Waals surface area contributed by atoms with Crippen molar-refractivity contribution in [3.05, 3.63) is 41.1 Å². The molecule has 25 heavy (non-hydrogen) atoms. The molecule has 0 aliphatic carbocycles. The van der Waals surface area contributed by atoms with Gasteiger partial charge < -0.3 is 9.47 Å². The Morgan fingerprint density at radius 3 is 2.36 bits per heavy atom. The lowest BCUT2D eigenvalue weighted by Crippen LogP contribution is -2.29. The summed E-state index contributed by atoms with van der Waals surface area (Å²) in [5.41, 5.74) is 1.39. The Hall–Kier alpha value is -2.68. The summed E-state index contributed by atoms with van der Waals surface area (Å²) in [7, 11) is -3.74. The van der Waals surface area contributed by atoms with Crippen LogP contribution in [0.4, 0.5) is 0 Å². The molecule has 9 heteroatoms. The average Bonchev–Trinajstić information content (AvgIpc) is 2.51. The molecule has 0 amide bonds. The van der Waals surface area contributed by atoms with Crippen molar-refractivity contribution in [2.45, 2.75) is 27.2 Å². The van der Waals surface area contributed by atoms with Crippen LogP contribution in [0, 0.1) is 0 Å². The molecule has 1 aromatic rings. The number of hydrogen-bond acceptors (Lipinski definition) is 6. The van der Waals surface area contributed by atoms with Crippen molar-refractivity contribution in [2.75, 3.05) is 6.61 Å². The van der Waals surface area contributed by atoms with E-state index in [0.717, 1.165) is 0 Å². The minimum atomic E-state index is -3.74. The largest absolute Gasteiger partial charge is 0.462 e. The van der Waals surface area contributed by atoms with Crippen molar-refractivity contribution in [1.82, 2.24) is 4.72 Å². The van der Waals surface area contributed by atoms with Crippen molar-refractivity contribution in [1.29, 1.82) is 0 Å². The quantitative estimate of drug-likeness (QED) is 0.628. The molecule has 1 aliphatic heterocycles. The first kappa shape index (κ1) is 18.7. The van der Waals surface area contributed by atoms with E-state index in [-0.39, 0.29) is 24.5 Å². The van der Waals surface area contributed by atoms with Crippen LogP contribution in [0.5, 0.6) is 5.75 Å². The van der Waals surface area contributed by atoms with Gasteiger partial charge in [-0.25, -0.2) is 4.79 Å². The number of nitrogens with zero attached hydrogens (tertiary/aromatic N) is 1. The summed E-state index contributed by atoms with van der Waals surface area (Å²) in [6.07, 6.45) is -0.136. The average molecular weight is 366 g/mol. The Morgan fingerprint density at radius 2 is 1.80 bits per heavy atom. The normalized spacial score (nSPS) is 15.9. The summed E-state index contributed by atoms with van der Waals surface area (Å²) < 4.78 is 38.7. The predicted octanol–water partition coefficient (Wildman–Crippen LogP) is 1.74. The van der Waals surface area contributed by atoms with Crippen molar-refractivity contribution in [3.63, 3.8) is 0 Å². The van der Waals surface area contributed by atoms with Crippen LogP contribution in [0.3, 0.4) is 0 Å². The molecule has 0 unspecified atom stereocenters. The fourth-order valence-corrected chi connectivity index (χ4v) is 3.26. The van der Waals surface area contributed by atoms with E-state index in [4.69, 9.17) is 9.47 Å². The first-order chi connectivity index (χ1) is 11.7. The second-order valence-corrected chi connectivity index (χ2v) is 6.59. The van der Waals surface area contributed by atoms with E-state index in [1.165, 1.54) is 31.2 Å². The van der Waals surface area contributed by atoms with Crippen LogP contribution in [0.25, 0.3) is 0 Å². The molecule has 0 bridgehead atoms. The van der Waals surface area contributed by atoms with Gasteiger partial charge in [0.2, 0.25) is 0 Å². The van der Waals surface area contributed by atoms with Gasteiger partial charge in [-0.2, -0.15) is 8.42 Å². The zero-order valence-electron chi connectivity index (χ0n) is 14.0. The molecule has 0 atom stereocenters. The van der Waals surface area contributed by atoms with Crippen LogP contribution in [0.1, 0.15) is 37.6 Å². The Labute approximate surface area is 145 Å². The maximum atomic E-state index is 12.1. The molecule has 0 saturated heterocycles. The maximum absolute atomic E-state index is 12.1. The van der Waals surface area contributed by atoms with E-state index >= 15 is 0 Å². The number of allylic oxidation sites excluding steroid dienone is 1. The van der Waals surface area contributed by atoms with Crippen molar-refractivity contribution in [2.24, 2.45) is 4.40 Å². The van der Waals surface area contributed by atoms with Gasteiger partial charge in [0, 0.05) is 11.3 Å². The van der Waals surface area contributed by atoms with E-state index in [1.54, 1.807) is 13.8 Å². The molecule has 0 fully saturated rings. The lowest BCUT2D eigenvalue weighted by molar-refractivity contribution is -0.133. The number of hydrogen-bond donors (Lipinski definition) is 1. The smallest absolute Gasteiger partial charge is 0.342 e. The number of nitrogens with one attached hydrogen (secondary N) is 1. The molecular weight excluding hydrogens is 348 g/mol. The monoisotopic (exact) mass is 366 g/mol. The molecule has 1 aromatic carbocycles. The fourth-order valence-electron chi connectivity index (χ4n) is 2.23. The van der Waals surface area contributed by atoms with Crippen molar-refractivity contribution in [3.8, 4) is 5.75 Å². The number of carbonyl (C=O) groups excluding carboxylic acids is 2. The van der Waals surface area contributed by atoms with E-state index in [0.29, 0.717) is 16.8 Å². The Bertz CT molecular complexity index is 853. The minimum Gasteiger partial charge on any atom is -0.462 e. The number of benzene rings is 1. The molecule has 1 N–H and O–H groups in total. The molecular formula is C16H18N2O6S. The number of rotatable bonds is 5. The second-order valence-electron chi connectivity index (χ2n) is 5.25. The van der Waals surface area contributed by atoms with Gasteiger partial charge in [0.25, 0.3) is 0 Å². The highest BCUT2D eigenvalue weighted by atomic mass is 32.2. The Kier molecular flexibility index (Phi) is 5.58. The van der Waals surface area contributed by atoms with Crippen molar-refractivity contribution < 1.29 is 27.5 Å². The number of ether oxygens (including phenoxy) is 2. The molecule has 0 saturated carbocycles. The van der Waals surface area contributed by atoms with Crippen LogP contribution < -0.4 is 9.46 Å². The molecule has 0 aromatic heterocycles. The Morgan fingerprint density at radius 1 is 1.16 bits per heavy atom. The van der Waals surface area contributed by atoms with E-state index in [9.17, 15) is 18.0 Å². The Balaban J connectivity index is 2.04. The van der Waals surface area contributed by atoms with Crippen LogP contribution in [0.15, 0.2) is 39.9 Å². The third-order valence-corrected chi connectivity index (χ3v) is 4.43. The maximum Gasteiger partial charge on any atom is 0.342 e. The molecule has 134 valence electrons. The molecule has 2 rings (SSSR count). The van der Waals surface area contributed by atoms with Crippen LogP contribution in [0.2, 0.25) is 0 Å². The highest BCUT2D eigenvalue weighted by Crippen LogP contribution is 2.19. The highest BCUT2D eigenvalue weighted by molar-refractivity contribution is 7.88. The summed E-state index contributed by atoms with van der Waals surface area (Å²) in [5.74, 6) is -0.765. The lowest BCUT2D eigenvalue weighted by atomic mass is 10.1. The van der Waals surface area contributed by atoms with Gasteiger partial charge in [-0.15, -0.1) is 4.40 Å². The first-order valence-corrected chi connectivity index (χ1v) is 8.93. The second kappa shape index (κ2) is 7.47. The van der Waals surface area contributed by atoms with Gasteiger partial charge in [0.15, 0.2) is 0 Å². The molecule has 8 nitrogen and oxygen atoms in total. The topological polar surface area (TPSA) is 111 Å². The van der Waals surface area contributed by atoms with Gasteiger partial charge in [-0.05, 0) is 45.0 Å². The summed E-state index contributed by atoms with van der Waals surface area (Å²) in [6.45, 7) is 5.04. The minimum absolute atomic E-state index is 0.136. The summed E-state index contributed by atoms with van der Waals surface area (Å²) in [6, 6.07) is 5.95. The fraction of sp³-hybridized carbons (Fsp3) is 0.312. The van der Waals surface area contributed by atoms with Crippen LogP contribution in [-0.2, 0) is 19.7 Å². The van der Waals surface area contributed by atoms with Gasteiger partial charge in [0.05, 0.1) is 24.3 Å². The summed E-state index contributed by atoms with van der Waals surface area (Å²) >= 11 is 0. The van der Waals surface area contributed by atoms with Gasteiger partial charge in [-0.3, -0.25) is 9.52 Å². The third kappa shape index (κ3) is 4.90. The van der Waals surface area contributed by atoms with Crippen LogP contribution >= 0.6 is 0 Å². The number of carbonyl (C=O) groups is 2. The third-order valence-electron chi connectivity index (χ3n) is 3.35.